The molecule has 0 aliphatic carbocycles. The van der Waals surface area contributed by atoms with Crippen LogP contribution in [0.1, 0.15) is 20.9 Å². The minimum Gasteiger partial charge on any atom is -0.478 e. The maximum Gasteiger partial charge on any atom is 0.335 e. The van der Waals surface area contributed by atoms with Crippen LogP contribution in [0.15, 0.2) is 61.2 Å². The highest BCUT2D eigenvalue weighted by Gasteiger charge is 2.11. The highest BCUT2D eigenvalue weighted by molar-refractivity contribution is 7.18. The normalized spacial score (nSPS) is 10.8. The van der Waals surface area contributed by atoms with Crippen LogP contribution in [0.2, 0.25) is 0 Å². The smallest absolute Gasteiger partial charge is 0.335 e. The third kappa shape index (κ3) is 4.44. The number of carboxylic acid groups (broad SMARTS) is 1. The van der Waals surface area contributed by atoms with E-state index in [2.05, 4.69) is 20.3 Å². The quantitative estimate of drug-likeness (QED) is 0.511. The van der Waals surface area contributed by atoms with E-state index in [0.29, 0.717) is 0 Å². The Hall–Kier alpha value is -3.65. The number of fused-ring (bicyclic) bond motifs is 1. The summed E-state index contributed by atoms with van der Waals surface area (Å²) in [5.74, 6) is -1.16. The fourth-order valence-corrected chi connectivity index (χ4v) is 3.90. The summed E-state index contributed by atoms with van der Waals surface area (Å²) in [4.78, 5) is 35.9. The molecule has 7 nitrogen and oxygen atoms in total. The summed E-state index contributed by atoms with van der Waals surface area (Å²) in [6, 6.07) is 12.4. The number of thiazole rings is 1. The molecule has 0 aliphatic heterocycles. The van der Waals surface area contributed by atoms with Crippen LogP contribution >= 0.6 is 11.3 Å². The van der Waals surface area contributed by atoms with Gasteiger partial charge in [-0.15, -0.1) is 11.3 Å². The number of nitrogens with one attached hydrogen (secondary N) is 1. The Bertz CT molecular complexity index is 1190. The fraction of sp³-hybridized carbons (Fsp3) is 0.0952. The molecule has 0 bridgehead atoms. The molecule has 0 unspecified atom stereocenters. The molecule has 4 rings (SSSR count). The van der Waals surface area contributed by atoms with Gasteiger partial charge in [-0.3, -0.25) is 4.79 Å². The first-order valence-corrected chi connectivity index (χ1v) is 9.64. The molecule has 0 fully saturated rings. The molecule has 2 aromatic heterocycles. The van der Waals surface area contributed by atoms with Gasteiger partial charge in [0.15, 0.2) is 0 Å². The van der Waals surface area contributed by atoms with E-state index in [0.717, 1.165) is 31.9 Å². The lowest BCUT2D eigenvalue weighted by molar-refractivity contribution is -0.120. The number of amides is 1. The molecule has 2 N–H and O–H groups in total. The van der Waals surface area contributed by atoms with E-state index in [1.54, 1.807) is 30.6 Å². The van der Waals surface area contributed by atoms with Crippen molar-refractivity contribution in [3.05, 3.63) is 77.3 Å². The molecule has 29 heavy (non-hydrogen) atoms. The molecule has 0 saturated carbocycles. The summed E-state index contributed by atoms with van der Waals surface area (Å²) >= 11 is 1.47. The van der Waals surface area contributed by atoms with Crippen LogP contribution in [0, 0.1) is 0 Å². The van der Waals surface area contributed by atoms with Crippen molar-refractivity contribution in [1.29, 1.82) is 0 Å². The molecule has 0 saturated heterocycles. The van der Waals surface area contributed by atoms with E-state index < -0.39 is 5.97 Å². The number of aromatic nitrogens is 3. The van der Waals surface area contributed by atoms with E-state index in [-0.39, 0.29) is 24.4 Å². The van der Waals surface area contributed by atoms with Gasteiger partial charge in [0.1, 0.15) is 11.3 Å². The molecule has 0 radical (unpaired) electrons. The zero-order chi connectivity index (χ0) is 20.2. The second-order valence-electron chi connectivity index (χ2n) is 6.38. The number of aromatic carboxylic acids is 1. The lowest BCUT2D eigenvalue weighted by Crippen LogP contribution is -2.24. The Morgan fingerprint density at radius 1 is 1.03 bits per heavy atom. The highest BCUT2D eigenvalue weighted by Crippen LogP contribution is 2.28. The van der Waals surface area contributed by atoms with Crippen molar-refractivity contribution in [3.63, 3.8) is 0 Å². The summed E-state index contributed by atoms with van der Waals surface area (Å²) in [5, 5.41) is 12.6. The van der Waals surface area contributed by atoms with Crippen molar-refractivity contribution in [2.75, 3.05) is 0 Å². The van der Waals surface area contributed by atoms with Gasteiger partial charge in [0, 0.05) is 24.5 Å². The van der Waals surface area contributed by atoms with Gasteiger partial charge in [-0.2, -0.15) is 0 Å². The Morgan fingerprint density at radius 2 is 1.86 bits per heavy atom. The first-order chi connectivity index (χ1) is 14.1. The predicted molar refractivity (Wildman–Crippen MR) is 110 cm³/mol. The SMILES string of the molecule is O=C(Cc1nc2ccc(-c3cncnc3)cc2s1)NCc1cccc(C(=O)O)c1. The molecule has 2 heterocycles. The molecule has 8 heteroatoms. The summed E-state index contributed by atoms with van der Waals surface area (Å²) in [7, 11) is 0. The number of carbonyl (C=O) groups is 2. The van der Waals surface area contributed by atoms with E-state index in [1.807, 2.05) is 18.2 Å². The van der Waals surface area contributed by atoms with Gasteiger partial charge < -0.3 is 10.4 Å². The van der Waals surface area contributed by atoms with Gasteiger partial charge >= 0.3 is 5.97 Å². The van der Waals surface area contributed by atoms with Crippen molar-refractivity contribution in [2.24, 2.45) is 0 Å². The summed E-state index contributed by atoms with van der Waals surface area (Å²) in [6.45, 7) is 0.267. The van der Waals surface area contributed by atoms with Crippen LogP contribution in [0.4, 0.5) is 0 Å². The average Bonchev–Trinajstić information content (AvgIpc) is 3.14. The number of carbonyl (C=O) groups excluding carboxylic acids is 1. The molecule has 2 aromatic carbocycles. The van der Waals surface area contributed by atoms with Gasteiger partial charge in [-0.1, -0.05) is 18.2 Å². The Labute approximate surface area is 170 Å². The average molecular weight is 404 g/mol. The monoisotopic (exact) mass is 404 g/mol. The number of benzene rings is 2. The minimum absolute atomic E-state index is 0.165. The summed E-state index contributed by atoms with van der Waals surface area (Å²) in [6.07, 6.45) is 5.16. The van der Waals surface area contributed by atoms with E-state index in [4.69, 9.17) is 5.11 Å². The zero-order valence-electron chi connectivity index (χ0n) is 15.2. The summed E-state index contributed by atoms with van der Waals surface area (Å²) in [5.41, 5.74) is 3.69. The van der Waals surface area contributed by atoms with Crippen molar-refractivity contribution in [3.8, 4) is 11.1 Å². The predicted octanol–water partition coefficient (Wildman–Crippen LogP) is 3.31. The van der Waals surface area contributed by atoms with Gasteiger partial charge in [-0.05, 0) is 35.4 Å². The molecule has 0 atom stereocenters. The first-order valence-electron chi connectivity index (χ1n) is 8.82. The topological polar surface area (TPSA) is 105 Å². The molecule has 0 spiro atoms. The second-order valence-corrected chi connectivity index (χ2v) is 7.49. The van der Waals surface area contributed by atoms with Crippen LogP contribution < -0.4 is 5.32 Å². The van der Waals surface area contributed by atoms with Crippen LogP contribution in [0.3, 0.4) is 0 Å². The Balaban J connectivity index is 1.43. The van der Waals surface area contributed by atoms with Crippen LogP contribution in [-0.4, -0.2) is 31.9 Å². The highest BCUT2D eigenvalue weighted by atomic mass is 32.1. The molecule has 4 aromatic rings. The Morgan fingerprint density at radius 3 is 2.66 bits per heavy atom. The lowest BCUT2D eigenvalue weighted by atomic mass is 10.1. The van der Waals surface area contributed by atoms with E-state index in [9.17, 15) is 9.59 Å². The number of hydrogen-bond acceptors (Lipinski definition) is 6. The number of carboxylic acids is 1. The standard InChI is InChI=1S/C21H16N4O3S/c26-19(24-9-13-2-1-3-15(6-13)21(27)28)8-20-25-17-5-4-14(7-18(17)29-20)16-10-22-12-23-11-16/h1-7,10-12H,8-9H2,(H,24,26)(H,27,28). The second kappa shape index (κ2) is 8.15. The van der Waals surface area contributed by atoms with Crippen molar-refractivity contribution in [2.45, 2.75) is 13.0 Å². The maximum atomic E-state index is 12.3. The van der Waals surface area contributed by atoms with Crippen LogP contribution in [0.25, 0.3) is 21.3 Å². The molecule has 1 amide bonds. The fourth-order valence-electron chi connectivity index (χ4n) is 2.89. The third-order valence-corrected chi connectivity index (χ3v) is 5.32. The zero-order valence-corrected chi connectivity index (χ0v) is 16.0. The third-order valence-electron chi connectivity index (χ3n) is 4.30. The molecule has 144 valence electrons. The molecular weight excluding hydrogens is 388 g/mol. The summed E-state index contributed by atoms with van der Waals surface area (Å²) < 4.78 is 0.989. The number of nitrogens with zero attached hydrogens (tertiary/aromatic N) is 3. The van der Waals surface area contributed by atoms with Crippen LogP contribution in [0.5, 0.6) is 0 Å². The van der Waals surface area contributed by atoms with Crippen LogP contribution in [-0.2, 0) is 17.8 Å². The first kappa shape index (κ1) is 18.7. The van der Waals surface area contributed by atoms with Gasteiger partial charge in [-0.25, -0.2) is 19.7 Å². The number of hydrogen-bond donors (Lipinski definition) is 2. The maximum absolute atomic E-state index is 12.3. The molecular formula is C21H16N4O3S. The van der Waals surface area contributed by atoms with Crippen molar-refractivity contribution in [1.82, 2.24) is 20.3 Å². The minimum atomic E-state index is -0.992. The van der Waals surface area contributed by atoms with Crippen molar-refractivity contribution >= 4 is 33.4 Å². The van der Waals surface area contributed by atoms with Gasteiger partial charge in [0.25, 0.3) is 0 Å². The van der Waals surface area contributed by atoms with Gasteiger partial charge in [0.05, 0.1) is 22.2 Å². The largest absolute Gasteiger partial charge is 0.478 e. The van der Waals surface area contributed by atoms with Gasteiger partial charge in [0.2, 0.25) is 5.91 Å². The van der Waals surface area contributed by atoms with E-state index >= 15 is 0 Å². The van der Waals surface area contributed by atoms with E-state index in [1.165, 1.54) is 23.7 Å². The Kier molecular flexibility index (Phi) is 5.26. The number of rotatable bonds is 6. The molecule has 0 aliphatic rings. The lowest BCUT2D eigenvalue weighted by Gasteiger charge is -2.05. The van der Waals surface area contributed by atoms with Crippen molar-refractivity contribution < 1.29 is 14.7 Å².